The molecule has 3 rings (SSSR count). The van der Waals surface area contributed by atoms with E-state index in [9.17, 15) is 4.79 Å². The minimum absolute atomic E-state index is 0.131. The Morgan fingerprint density at radius 3 is 2.83 bits per heavy atom. The lowest BCUT2D eigenvalue weighted by Gasteiger charge is -2.04. The van der Waals surface area contributed by atoms with Gasteiger partial charge in [0.15, 0.2) is 6.61 Å². The van der Waals surface area contributed by atoms with E-state index in [0.717, 1.165) is 0 Å². The Morgan fingerprint density at radius 2 is 2.04 bits per heavy atom. The molecule has 24 heavy (non-hydrogen) atoms. The van der Waals surface area contributed by atoms with Crippen molar-refractivity contribution in [3.8, 4) is 17.1 Å². The lowest BCUT2D eigenvalue weighted by atomic mass is 10.2. The van der Waals surface area contributed by atoms with Crippen molar-refractivity contribution in [1.82, 2.24) is 10.1 Å². The normalized spacial score (nSPS) is 10.4. The maximum absolute atomic E-state index is 12.0. The van der Waals surface area contributed by atoms with Gasteiger partial charge in [-0.3, -0.25) is 0 Å². The highest BCUT2D eigenvalue weighted by Crippen LogP contribution is 2.25. The summed E-state index contributed by atoms with van der Waals surface area (Å²) in [7, 11) is 1.53. The number of carbonyl (C=O) groups excluding carboxylic acids is 1. The number of aromatic nitrogens is 2. The number of esters is 1. The van der Waals surface area contributed by atoms with Gasteiger partial charge in [-0.15, -0.1) is 0 Å². The molecule has 1 aromatic heterocycles. The molecule has 0 saturated carbocycles. The van der Waals surface area contributed by atoms with Crippen LogP contribution in [0.25, 0.3) is 11.4 Å². The molecule has 0 spiro atoms. The molecule has 2 aromatic carbocycles. The molecule has 0 radical (unpaired) electrons. The summed E-state index contributed by atoms with van der Waals surface area (Å²) in [5.41, 5.74) is 1.02. The van der Waals surface area contributed by atoms with Gasteiger partial charge in [-0.05, 0) is 30.3 Å². The van der Waals surface area contributed by atoms with Crippen molar-refractivity contribution < 1.29 is 18.8 Å². The van der Waals surface area contributed by atoms with Gasteiger partial charge in [0.05, 0.1) is 17.7 Å². The summed E-state index contributed by atoms with van der Waals surface area (Å²) in [4.78, 5) is 16.2. The standard InChI is InChI=1S/C17H13ClN2O4/c1-22-12-6-4-5-11(9-12)17(21)23-10-15-19-16(20-24-15)13-7-2-3-8-14(13)18/h2-9H,10H2,1H3. The average molecular weight is 345 g/mol. The highest BCUT2D eigenvalue weighted by molar-refractivity contribution is 6.33. The summed E-state index contributed by atoms with van der Waals surface area (Å²) >= 11 is 6.09. The van der Waals surface area contributed by atoms with Gasteiger partial charge in [0.1, 0.15) is 5.75 Å². The van der Waals surface area contributed by atoms with Gasteiger partial charge < -0.3 is 14.0 Å². The topological polar surface area (TPSA) is 74.5 Å². The highest BCUT2D eigenvalue weighted by atomic mass is 35.5. The maximum atomic E-state index is 12.0. The van der Waals surface area contributed by atoms with Crippen LogP contribution < -0.4 is 4.74 Å². The number of carbonyl (C=O) groups is 1. The lowest BCUT2D eigenvalue weighted by Crippen LogP contribution is -2.05. The third kappa shape index (κ3) is 3.55. The average Bonchev–Trinajstić information content (AvgIpc) is 3.09. The van der Waals surface area contributed by atoms with Crippen LogP contribution in [-0.4, -0.2) is 23.2 Å². The molecule has 0 atom stereocenters. The number of hydrogen-bond donors (Lipinski definition) is 0. The fourth-order valence-corrected chi connectivity index (χ4v) is 2.25. The molecule has 1 heterocycles. The Labute approximate surface area is 143 Å². The quantitative estimate of drug-likeness (QED) is 0.656. The molecule has 0 aliphatic rings. The van der Waals surface area contributed by atoms with E-state index < -0.39 is 5.97 Å². The highest BCUT2D eigenvalue weighted by Gasteiger charge is 2.14. The van der Waals surface area contributed by atoms with E-state index in [1.54, 1.807) is 36.4 Å². The van der Waals surface area contributed by atoms with Crippen molar-refractivity contribution in [2.75, 3.05) is 7.11 Å². The lowest BCUT2D eigenvalue weighted by molar-refractivity contribution is 0.0429. The van der Waals surface area contributed by atoms with Crippen molar-refractivity contribution in [2.45, 2.75) is 6.61 Å². The first kappa shape index (κ1) is 16.0. The van der Waals surface area contributed by atoms with E-state index in [1.807, 2.05) is 12.1 Å². The van der Waals surface area contributed by atoms with Crippen molar-refractivity contribution >= 4 is 17.6 Å². The number of nitrogens with zero attached hydrogens (tertiary/aromatic N) is 2. The van der Waals surface area contributed by atoms with Crippen molar-refractivity contribution in [2.24, 2.45) is 0 Å². The van der Waals surface area contributed by atoms with Crippen LogP contribution in [-0.2, 0) is 11.3 Å². The van der Waals surface area contributed by atoms with Crippen molar-refractivity contribution in [3.05, 3.63) is 65.0 Å². The SMILES string of the molecule is COc1cccc(C(=O)OCc2nc(-c3ccccc3Cl)no2)c1. The Hall–Kier alpha value is -2.86. The minimum Gasteiger partial charge on any atom is -0.497 e. The molecule has 0 aliphatic heterocycles. The van der Waals surface area contributed by atoms with E-state index in [-0.39, 0.29) is 12.5 Å². The molecular weight excluding hydrogens is 332 g/mol. The zero-order chi connectivity index (χ0) is 16.9. The molecule has 122 valence electrons. The molecule has 0 saturated heterocycles. The molecule has 0 N–H and O–H groups in total. The predicted octanol–water partition coefficient (Wildman–Crippen LogP) is 3.76. The van der Waals surface area contributed by atoms with Crippen molar-refractivity contribution in [1.29, 1.82) is 0 Å². The minimum atomic E-state index is -0.508. The van der Waals surface area contributed by atoms with E-state index in [4.69, 9.17) is 25.6 Å². The zero-order valence-electron chi connectivity index (χ0n) is 12.7. The number of hydrogen-bond acceptors (Lipinski definition) is 6. The first-order chi connectivity index (χ1) is 11.7. The molecule has 6 nitrogen and oxygen atoms in total. The number of ether oxygens (including phenoxy) is 2. The van der Waals surface area contributed by atoms with Crippen LogP contribution in [0.15, 0.2) is 53.1 Å². The summed E-state index contributed by atoms with van der Waals surface area (Å²) < 4.78 is 15.3. The van der Waals surface area contributed by atoms with Crippen LogP contribution >= 0.6 is 11.6 Å². The molecule has 0 fully saturated rings. The molecule has 3 aromatic rings. The van der Waals surface area contributed by atoms with Crippen LogP contribution in [0.4, 0.5) is 0 Å². The second kappa shape index (κ2) is 7.14. The second-order valence-electron chi connectivity index (χ2n) is 4.80. The summed E-state index contributed by atoms with van der Waals surface area (Å²) in [6.45, 7) is -0.131. The van der Waals surface area contributed by atoms with E-state index >= 15 is 0 Å². The largest absolute Gasteiger partial charge is 0.497 e. The van der Waals surface area contributed by atoms with E-state index in [2.05, 4.69) is 10.1 Å². The number of halogens is 1. The van der Waals surface area contributed by atoms with Gasteiger partial charge in [0, 0.05) is 5.56 Å². The summed E-state index contributed by atoms with van der Waals surface area (Å²) in [5.74, 6) is 0.587. The number of benzene rings is 2. The fourth-order valence-electron chi connectivity index (χ4n) is 2.03. The van der Waals surface area contributed by atoms with Crippen LogP contribution in [0.3, 0.4) is 0 Å². The summed E-state index contributed by atoms with van der Waals surface area (Å²) in [6, 6.07) is 13.8. The second-order valence-corrected chi connectivity index (χ2v) is 5.21. The Balaban J connectivity index is 1.67. The van der Waals surface area contributed by atoms with Crippen LogP contribution in [0, 0.1) is 0 Å². The Kier molecular flexibility index (Phi) is 4.77. The maximum Gasteiger partial charge on any atom is 0.338 e. The van der Waals surface area contributed by atoms with Gasteiger partial charge in [-0.2, -0.15) is 4.98 Å². The summed E-state index contributed by atoms with van der Waals surface area (Å²) in [6.07, 6.45) is 0. The fraction of sp³-hybridized carbons (Fsp3) is 0.118. The van der Waals surface area contributed by atoms with Crippen molar-refractivity contribution in [3.63, 3.8) is 0 Å². The van der Waals surface area contributed by atoms with Gasteiger partial charge >= 0.3 is 5.97 Å². The van der Waals surface area contributed by atoms with Gasteiger partial charge in [-0.25, -0.2) is 4.79 Å². The molecule has 0 amide bonds. The number of rotatable bonds is 5. The van der Waals surface area contributed by atoms with Gasteiger partial charge in [0.25, 0.3) is 5.89 Å². The predicted molar refractivity (Wildman–Crippen MR) is 86.9 cm³/mol. The van der Waals surface area contributed by atoms with Crippen LogP contribution in [0.5, 0.6) is 5.75 Å². The Bertz CT molecular complexity index is 863. The summed E-state index contributed by atoms with van der Waals surface area (Å²) in [5, 5.41) is 4.36. The smallest absolute Gasteiger partial charge is 0.338 e. The van der Waals surface area contributed by atoms with Crippen LogP contribution in [0.1, 0.15) is 16.2 Å². The van der Waals surface area contributed by atoms with Gasteiger partial charge in [-0.1, -0.05) is 35.0 Å². The monoisotopic (exact) mass is 344 g/mol. The van der Waals surface area contributed by atoms with E-state index in [1.165, 1.54) is 7.11 Å². The first-order valence-corrected chi connectivity index (χ1v) is 7.44. The molecule has 0 bridgehead atoms. The number of methoxy groups -OCH3 is 1. The van der Waals surface area contributed by atoms with Crippen LogP contribution in [0.2, 0.25) is 5.02 Å². The molecule has 7 heteroatoms. The Morgan fingerprint density at radius 1 is 1.21 bits per heavy atom. The van der Waals surface area contributed by atoms with Gasteiger partial charge in [0.2, 0.25) is 5.82 Å². The first-order valence-electron chi connectivity index (χ1n) is 7.06. The molecular formula is C17H13ClN2O4. The van der Waals surface area contributed by atoms with E-state index in [0.29, 0.717) is 27.7 Å². The zero-order valence-corrected chi connectivity index (χ0v) is 13.5. The third-order valence-electron chi connectivity index (χ3n) is 3.22. The molecule has 0 aliphatic carbocycles. The third-order valence-corrected chi connectivity index (χ3v) is 3.54. The molecule has 0 unspecified atom stereocenters.